The zero-order valence-corrected chi connectivity index (χ0v) is 10.3. The van der Waals surface area contributed by atoms with Crippen LogP contribution < -0.4 is 0 Å². The van der Waals surface area contributed by atoms with Gasteiger partial charge in [0.1, 0.15) is 0 Å². The first-order valence-corrected chi connectivity index (χ1v) is 6.65. The van der Waals surface area contributed by atoms with Crippen LogP contribution >= 0.6 is 12.6 Å². The Labute approximate surface area is 94.0 Å². The number of hydrogen-bond acceptors (Lipinski definition) is 2. The molecule has 1 aliphatic carbocycles. The SMILES string of the molecule is CCCCCOCC1(CS)CCCC1. The summed E-state index contributed by atoms with van der Waals surface area (Å²) in [6, 6.07) is 0. The highest BCUT2D eigenvalue weighted by Gasteiger charge is 2.32. The molecule has 0 unspecified atom stereocenters. The number of thiol groups is 1. The van der Waals surface area contributed by atoms with Crippen molar-refractivity contribution >= 4 is 12.6 Å². The Morgan fingerprint density at radius 1 is 1.21 bits per heavy atom. The fourth-order valence-electron chi connectivity index (χ4n) is 2.22. The molecule has 0 aromatic heterocycles. The zero-order chi connectivity index (χ0) is 10.3. The summed E-state index contributed by atoms with van der Waals surface area (Å²) in [5.74, 6) is 1.00. The van der Waals surface area contributed by atoms with Gasteiger partial charge in [-0.05, 0) is 25.0 Å². The molecule has 1 nitrogen and oxygen atoms in total. The predicted molar refractivity (Wildman–Crippen MR) is 65.1 cm³/mol. The molecule has 84 valence electrons. The van der Waals surface area contributed by atoms with Gasteiger partial charge in [0.2, 0.25) is 0 Å². The summed E-state index contributed by atoms with van der Waals surface area (Å²) in [4.78, 5) is 0. The molecule has 0 N–H and O–H groups in total. The van der Waals surface area contributed by atoms with Crippen LogP contribution in [0.5, 0.6) is 0 Å². The first-order chi connectivity index (χ1) is 6.83. The van der Waals surface area contributed by atoms with Crippen LogP contribution in [-0.4, -0.2) is 19.0 Å². The van der Waals surface area contributed by atoms with Crippen molar-refractivity contribution in [1.29, 1.82) is 0 Å². The molecule has 0 amide bonds. The van der Waals surface area contributed by atoms with Crippen LogP contribution in [0, 0.1) is 5.41 Å². The second-order valence-electron chi connectivity index (χ2n) is 4.62. The minimum atomic E-state index is 0.426. The highest BCUT2D eigenvalue weighted by Crippen LogP contribution is 2.39. The van der Waals surface area contributed by atoms with Gasteiger partial charge in [-0.3, -0.25) is 0 Å². The van der Waals surface area contributed by atoms with Crippen LogP contribution in [0.4, 0.5) is 0 Å². The highest BCUT2D eigenvalue weighted by atomic mass is 32.1. The third-order valence-corrected chi connectivity index (χ3v) is 3.97. The topological polar surface area (TPSA) is 9.23 Å². The van der Waals surface area contributed by atoms with E-state index in [9.17, 15) is 0 Å². The highest BCUT2D eigenvalue weighted by molar-refractivity contribution is 7.80. The van der Waals surface area contributed by atoms with Gasteiger partial charge in [0.15, 0.2) is 0 Å². The van der Waals surface area contributed by atoms with Gasteiger partial charge in [-0.2, -0.15) is 12.6 Å². The van der Waals surface area contributed by atoms with Crippen molar-refractivity contribution < 1.29 is 4.74 Å². The first kappa shape index (κ1) is 12.4. The number of unbranched alkanes of at least 4 members (excludes halogenated alkanes) is 2. The molecule has 14 heavy (non-hydrogen) atoms. The molecular formula is C12H24OS. The zero-order valence-electron chi connectivity index (χ0n) is 9.43. The van der Waals surface area contributed by atoms with Gasteiger partial charge in [0.05, 0.1) is 6.61 Å². The molecule has 0 spiro atoms. The van der Waals surface area contributed by atoms with Crippen molar-refractivity contribution in [2.24, 2.45) is 5.41 Å². The van der Waals surface area contributed by atoms with Gasteiger partial charge >= 0.3 is 0 Å². The molecule has 1 saturated carbocycles. The van der Waals surface area contributed by atoms with E-state index in [-0.39, 0.29) is 0 Å². The van der Waals surface area contributed by atoms with Gasteiger partial charge in [-0.25, -0.2) is 0 Å². The molecule has 1 aliphatic rings. The van der Waals surface area contributed by atoms with E-state index in [4.69, 9.17) is 4.74 Å². The van der Waals surface area contributed by atoms with E-state index in [1.807, 2.05) is 0 Å². The lowest BCUT2D eigenvalue weighted by molar-refractivity contribution is 0.0569. The Morgan fingerprint density at radius 3 is 2.50 bits per heavy atom. The number of rotatable bonds is 7. The normalized spacial score (nSPS) is 20.1. The molecule has 0 aromatic rings. The van der Waals surface area contributed by atoms with Crippen LogP contribution in [-0.2, 0) is 4.74 Å². The Kier molecular flexibility index (Phi) is 5.95. The quantitative estimate of drug-likeness (QED) is 0.504. The maximum Gasteiger partial charge on any atom is 0.0530 e. The molecule has 0 bridgehead atoms. The minimum absolute atomic E-state index is 0.426. The summed E-state index contributed by atoms with van der Waals surface area (Å²) in [6.07, 6.45) is 9.19. The van der Waals surface area contributed by atoms with Crippen LogP contribution in [0.25, 0.3) is 0 Å². The van der Waals surface area contributed by atoms with E-state index in [1.54, 1.807) is 0 Å². The minimum Gasteiger partial charge on any atom is -0.381 e. The average Bonchev–Trinajstić information content (AvgIpc) is 2.67. The second-order valence-corrected chi connectivity index (χ2v) is 4.94. The summed E-state index contributed by atoms with van der Waals surface area (Å²) in [6.45, 7) is 4.12. The van der Waals surface area contributed by atoms with E-state index in [0.717, 1.165) is 19.0 Å². The van der Waals surface area contributed by atoms with E-state index in [2.05, 4.69) is 19.6 Å². The summed E-state index contributed by atoms with van der Waals surface area (Å²) in [5.41, 5.74) is 0.426. The molecule has 2 heteroatoms. The Bertz CT molecular complexity index is 141. The van der Waals surface area contributed by atoms with Crippen molar-refractivity contribution in [1.82, 2.24) is 0 Å². The van der Waals surface area contributed by atoms with E-state index >= 15 is 0 Å². The number of ether oxygens (including phenoxy) is 1. The molecule has 1 rings (SSSR count). The monoisotopic (exact) mass is 216 g/mol. The summed E-state index contributed by atoms with van der Waals surface area (Å²) < 4.78 is 5.76. The standard InChI is InChI=1S/C12H24OS/c1-2-3-6-9-13-10-12(11-14)7-4-5-8-12/h14H,2-11H2,1H3. The van der Waals surface area contributed by atoms with Crippen molar-refractivity contribution in [2.45, 2.75) is 51.9 Å². The third-order valence-electron chi connectivity index (χ3n) is 3.30. The lowest BCUT2D eigenvalue weighted by atomic mass is 9.90. The maximum absolute atomic E-state index is 5.76. The molecule has 0 aliphatic heterocycles. The fraction of sp³-hybridized carbons (Fsp3) is 1.00. The first-order valence-electron chi connectivity index (χ1n) is 6.01. The second kappa shape index (κ2) is 6.73. The maximum atomic E-state index is 5.76. The van der Waals surface area contributed by atoms with Crippen LogP contribution in [0.2, 0.25) is 0 Å². The van der Waals surface area contributed by atoms with Crippen molar-refractivity contribution in [3.8, 4) is 0 Å². The molecule has 0 atom stereocenters. The smallest absolute Gasteiger partial charge is 0.0530 e. The molecule has 1 fully saturated rings. The Balaban J connectivity index is 2.08. The van der Waals surface area contributed by atoms with Crippen LogP contribution in [0.1, 0.15) is 51.9 Å². The molecule has 0 radical (unpaired) electrons. The largest absolute Gasteiger partial charge is 0.381 e. The van der Waals surface area contributed by atoms with Crippen molar-refractivity contribution in [2.75, 3.05) is 19.0 Å². The molecule has 0 saturated heterocycles. The Morgan fingerprint density at radius 2 is 1.93 bits per heavy atom. The lowest BCUT2D eigenvalue weighted by Gasteiger charge is -2.26. The van der Waals surface area contributed by atoms with Crippen molar-refractivity contribution in [3.63, 3.8) is 0 Å². The van der Waals surface area contributed by atoms with E-state index in [1.165, 1.54) is 44.9 Å². The van der Waals surface area contributed by atoms with Gasteiger partial charge in [-0.1, -0.05) is 32.6 Å². The van der Waals surface area contributed by atoms with E-state index < -0.39 is 0 Å². The summed E-state index contributed by atoms with van der Waals surface area (Å²) >= 11 is 4.46. The lowest BCUT2D eigenvalue weighted by Crippen LogP contribution is -2.25. The summed E-state index contributed by atoms with van der Waals surface area (Å²) in [7, 11) is 0. The Hall–Kier alpha value is 0.310. The summed E-state index contributed by atoms with van der Waals surface area (Å²) in [5, 5.41) is 0. The molecule has 0 aromatic carbocycles. The fourth-order valence-corrected chi connectivity index (χ4v) is 2.62. The molecular weight excluding hydrogens is 192 g/mol. The van der Waals surface area contributed by atoms with Gasteiger partial charge in [-0.15, -0.1) is 0 Å². The van der Waals surface area contributed by atoms with Crippen LogP contribution in [0.3, 0.4) is 0 Å². The van der Waals surface area contributed by atoms with Gasteiger partial charge in [0, 0.05) is 12.0 Å². The van der Waals surface area contributed by atoms with E-state index in [0.29, 0.717) is 5.41 Å². The van der Waals surface area contributed by atoms with Gasteiger partial charge in [0.25, 0.3) is 0 Å². The van der Waals surface area contributed by atoms with Crippen molar-refractivity contribution in [3.05, 3.63) is 0 Å². The number of hydrogen-bond donors (Lipinski definition) is 1. The van der Waals surface area contributed by atoms with Gasteiger partial charge < -0.3 is 4.74 Å². The third kappa shape index (κ3) is 3.82. The molecule has 0 heterocycles. The average molecular weight is 216 g/mol. The predicted octanol–water partition coefficient (Wildman–Crippen LogP) is 3.68. The van der Waals surface area contributed by atoms with Crippen LogP contribution in [0.15, 0.2) is 0 Å².